The minimum atomic E-state index is 0.319. The summed E-state index contributed by atoms with van der Waals surface area (Å²) in [7, 11) is 1.67. The molecule has 5 heteroatoms. The van der Waals surface area contributed by atoms with E-state index in [1.165, 1.54) is 12.8 Å². The van der Waals surface area contributed by atoms with Crippen molar-refractivity contribution in [3.8, 4) is 11.4 Å². The third kappa shape index (κ3) is 2.92. The van der Waals surface area contributed by atoms with Crippen molar-refractivity contribution in [1.29, 1.82) is 0 Å². The molecule has 1 aliphatic heterocycles. The van der Waals surface area contributed by atoms with Crippen LogP contribution < -0.4 is 10.1 Å². The molecule has 0 aliphatic carbocycles. The number of hydrogen-bond acceptors (Lipinski definition) is 3. The molecular weight excluding hydrogens is 286 g/mol. The molecule has 0 spiro atoms. The molecule has 2 unspecified atom stereocenters. The van der Waals surface area contributed by atoms with Crippen LogP contribution in [0.25, 0.3) is 5.69 Å². The maximum absolute atomic E-state index is 6.15. The van der Waals surface area contributed by atoms with Crippen molar-refractivity contribution in [2.45, 2.75) is 38.3 Å². The number of rotatable bonds is 3. The minimum absolute atomic E-state index is 0.319. The number of nitrogens with zero attached hydrogens (tertiary/aromatic N) is 2. The summed E-state index contributed by atoms with van der Waals surface area (Å²) >= 11 is 6.15. The van der Waals surface area contributed by atoms with Crippen LogP contribution in [0.5, 0.6) is 5.75 Å². The molecule has 0 radical (unpaired) electrons. The maximum atomic E-state index is 6.15. The van der Waals surface area contributed by atoms with Crippen LogP contribution in [0.15, 0.2) is 30.7 Å². The number of benzene rings is 1. The highest BCUT2D eigenvalue weighted by Gasteiger charge is 2.23. The Labute approximate surface area is 130 Å². The molecule has 2 aromatic rings. The van der Waals surface area contributed by atoms with E-state index >= 15 is 0 Å². The standard InChI is InChI=1S/C16H20ClN3O/c1-11-4-3-5-13(19-11)15-9-18-10-20(15)14-8-12(17)6-7-16(14)21-2/h6-11,13,19H,3-5H2,1-2H3. The lowest BCUT2D eigenvalue weighted by Gasteiger charge is -2.29. The zero-order valence-electron chi connectivity index (χ0n) is 12.3. The molecule has 21 heavy (non-hydrogen) atoms. The minimum Gasteiger partial charge on any atom is -0.495 e. The molecule has 3 rings (SSSR count). The second kappa shape index (κ2) is 6.08. The lowest BCUT2D eigenvalue weighted by molar-refractivity contribution is 0.333. The third-order valence-corrected chi connectivity index (χ3v) is 4.28. The fraction of sp³-hybridized carbons (Fsp3) is 0.438. The number of ether oxygens (including phenoxy) is 1. The van der Waals surface area contributed by atoms with Gasteiger partial charge in [0, 0.05) is 17.1 Å². The van der Waals surface area contributed by atoms with E-state index in [4.69, 9.17) is 16.3 Å². The van der Waals surface area contributed by atoms with E-state index in [0.29, 0.717) is 17.1 Å². The van der Waals surface area contributed by atoms with Gasteiger partial charge in [-0.1, -0.05) is 11.6 Å². The molecule has 112 valence electrons. The molecule has 0 saturated carbocycles. The number of piperidine rings is 1. The topological polar surface area (TPSA) is 39.1 Å². The maximum Gasteiger partial charge on any atom is 0.142 e. The van der Waals surface area contributed by atoms with E-state index in [0.717, 1.165) is 23.6 Å². The van der Waals surface area contributed by atoms with Gasteiger partial charge in [0.05, 0.1) is 31.0 Å². The highest BCUT2D eigenvalue weighted by molar-refractivity contribution is 6.30. The Hall–Kier alpha value is -1.52. The number of aromatic nitrogens is 2. The van der Waals surface area contributed by atoms with Gasteiger partial charge in [-0.3, -0.25) is 4.57 Å². The van der Waals surface area contributed by atoms with Gasteiger partial charge in [-0.25, -0.2) is 4.98 Å². The Bertz CT molecular complexity index is 626. The summed E-state index contributed by atoms with van der Waals surface area (Å²) < 4.78 is 7.53. The number of nitrogens with one attached hydrogen (secondary N) is 1. The van der Waals surface area contributed by atoms with Crippen molar-refractivity contribution in [3.05, 3.63) is 41.4 Å². The van der Waals surface area contributed by atoms with Crippen LogP contribution in [0.3, 0.4) is 0 Å². The Morgan fingerprint density at radius 1 is 1.38 bits per heavy atom. The van der Waals surface area contributed by atoms with Crippen LogP contribution in [0.4, 0.5) is 0 Å². The number of imidazole rings is 1. The van der Waals surface area contributed by atoms with Crippen molar-refractivity contribution < 1.29 is 4.74 Å². The summed E-state index contributed by atoms with van der Waals surface area (Å²) in [6, 6.07) is 6.49. The van der Waals surface area contributed by atoms with Crippen LogP contribution in [-0.4, -0.2) is 22.7 Å². The van der Waals surface area contributed by atoms with Crippen molar-refractivity contribution in [1.82, 2.24) is 14.9 Å². The average Bonchev–Trinajstić information content (AvgIpc) is 2.96. The first kappa shape index (κ1) is 14.4. The van der Waals surface area contributed by atoms with Crippen LogP contribution in [0, 0.1) is 0 Å². The highest BCUT2D eigenvalue weighted by Crippen LogP contribution is 2.31. The Morgan fingerprint density at radius 2 is 2.24 bits per heavy atom. The first-order valence-electron chi connectivity index (χ1n) is 7.31. The van der Waals surface area contributed by atoms with E-state index in [9.17, 15) is 0 Å². The Balaban J connectivity index is 2.01. The van der Waals surface area contributed by atoms with Gasteiger partial charge in [0.2, 0.25) is 0 Å². The second-order valence-electron chi connectivity index (χ2n) is 5.56. The summed E-state index contributed by atoms with van der Waals surface area (Å²) in [6.45, 7) is 2.23. The van der Waals surface area contributed by atoms with E-state index in [-0.39, 0.29) is 0 Å². The highest BCUT2D eigenvalue weighted by atomic mass is 35.5. The van der Waals surface area contributed by atoms with Gasteiger partial charge in [-0.2, -0.15) is 0 Å². The van der Waals surface area contributed by atoms with Crippen molar-refractivity contribution >= 4 is 11.6 Å². The fourth-order valence-corrected chi connectivity index (χ4v) is 3.15. The van der Waals surface area contributed by atoms with Gasteiger partial charge in [0.15, 0.2) is 0 Å². The SMILES string of the molecule is COc1ccc(Cl)cc1-n1cncc1C1CCCC(C)N1. The van der Waals surface area contributed by atoms with Crippen molar-refractivity contribution in [3.63, 3.8) is 0 Å². The smallest absolute Gasteiger partial charge is 0.142 e. The average molecular weight is 306 g/mol. The number of halogens is 1. The first-order chi connectivity index (χ1) is 10.2. The second-order valence-corrected chi connectivity index (χ2v) is 5.99. The molecule has 1 N–H and O–H groups in total. The van der Waals surface area contributed by atoms with Gasteiger partial charge in [-0.05, 0) is 44.4 Å². The summed E-state index contributed by atoms with van der Waals surface area (Å²) in [5, 5.41) is 4.34. The predicted molar refractivity (Wildman–Crippen MR) is 84.3 cm³/mol. The Kier molecular flexibility index (Phi) is 4.17. The lowest BCUT2D eigenvalue weighted by Crippen LogP contribution is -2.35. The summed E-state index contributed by atoms with van der Waals surface area (Å²) in [4.78, 5) is 4.33. The number of hydrogen-bond donors (Lipinski definition) is 1. The van der Waals surface area contributed by atoms with Crippen molar-refractivity contribution in [2.75, 3.05) is 7.11 Å². The zero-order chi connectivity index (χ0) is 14.8. The molecule has 1 aromatic carbocycles. The van der Waals surface area contributed by atoms with E-state index in [2.05, 4.69) is 21.8 Å². The molecule has 1 fully saturated rings. The molecule has 2 heterocycles. The fourth-order valence-electron chi connectivity index (χ4n) is 2.99. The molecule has 1 saturated heterocycles. The van der Waals surface area contributed by atoms with Gasteiger partial charge in [0.25, 0.3) is 0 Å². The van der Waals surface area contributed by atoms with E-state index < -0.39 is 0 Å². The lowest BCUT2D eigenvalue weighted by atomic mass is 9.97. The van der Waals surface area contributed by atoms with E-state index in [1.807, 2.05) is 30.7 Å². The van der Waals surface area contributed by atoms with Crippen LogP contribution in [0.1, 0.15) is 37.9 Å². The van der Waals surface area contributed by atoms with Gasteiger partial charge in [-0.15, -0.1) is 0 Å². The molecule has 1 aliphatic rings. The van der Waals surface area contributed by atoms with Crippen LogP contribution in [-0.2, 0) is 0 Å². The summed E-state index contributed by atoms with van der Waals surface area (Å²) in [5.41, 5.74) is 2.08. The van der Waals surface area contributed by atoms with Gasteiger partial charge < -0.3 is 10.1 Å². The molecule has 1 aromatic heterocycles. The zero-order valence-corrected chi connectivity index (χ0v) is 13.1. The third-order valence-electron chi connectivity index (χ3n) is 4.04. The number of methoxy groups -OCH3 is 1. The normalized spacial score (nSPS) is 22.2. The van der Waals surface area contributed by atoms with Crippen LogP contribution in [0.2, 0.25) is 5.02 Å². The largest absolute Gasteiger partial charge is 0.495 e. The van der Waals surface area contributed by atoms with Crippen molar-refractivity contribution in [2.24, 2.45) is 0 Å². The molecule has 0 bridgehead atoms. The van der Waals surface area contributed by atoms with Gasteiger partial charge in [0.1, 0.15) is 5.75 Å². The Morgan fingerprint density at radius 3 is 3.00 bits per heavy atom. The van der Waals surface area contributed by atoms with E-state index in [1.54, 1.807) is 7.11 Å². The summed E-state index contributed by atoms with van der Waals surface area (Å²) in [6.07, 6.45) is 7.33. The quantitative estimate of drug-likeness (QED) is 0.939. The predicted octanol–water partition coefficient (Wildman–Crippen LogP) is 3.74. The monoisotopic (exact) mass is 305 g/mol. The van der Waals surface area contributed by atoms with Crippen LogP contribution >= 0.6 is 11.6 Å². The molecule has 4 nitrogen and oxygen atoms in total. The first-order valence-corrected chi connectivity index (χ1v) is 7.69. The molecule has 0 amide bonds. The molecular formula is C16H20ClN3O. The van der Waals surface area contributed by atoms with Gasteiger partial charge >= 0.3 is 0 Å². The molecule has 2 atom stereocenters. The summed E-state index contributed by atoms with van der Waals surface area (Å²) in [5.74, 6) is 0.794.